The number of alkyl halides is 3. The van der Waals surface area contributed by atoms with Crippen LogP contribution < -0.4 is 4.90 Å². The van der Waals surface area contributed by atoms with Crippen LogP contribution >= 0.6 is 11.6 Å². The van der Waals surface area contributed by atoms with E-state index in [9.17, 15) is 31.5 Å². The Morgan fingerprint density at radius 2 is 1.98 bits per heavy atom. The zero-order valence-electron chi connectivity index (χ0n) is 26.2. The molecule has 17 heteroatoms. The van der Waals surface area contributed by atoms with Gasteiger partial charge in [-0.3, -0.25) is 14.2 Å². The average molecular weight is 720 g/mol. The lowest BCUT2D eigenvalue weighted by molar-refractivity contribution is -0.145. The normalized spacial score (nSPS) is 20.2. The molecular formula is C31H33ClF3N7O4SSi. The first-order valence-corrected chi connectivity index (χ1v) is 17.9. The van der Waals surface area contributed by atoms with Gasteiger partial charge >= 0.3 is 12.1 Å². The van der Waals surface area contributed by atoms with E-state index in [0.717, 1.165) is 23.7 Å². The van der Waals surface area contributed by atoms with Crippen molar-refractivity contribution < 1.29 is 31.5 Å². The van der Waals surface area contributed by atoms with Gasteiger partial charge in [-0.2, -0.15) is 17.5 Å². The minimum Gasteiger partial charge on any atom is -0.481 e. The van der Waals surface area contributed by atoms with Gasteiger partial charge in [0.25, 0.3) is 0 Å². The number of piperidine rings is 1. The predicted octanol–water partition coefficient (Wildman–Crippen LogP) is 4.17. The Morgan fingerprint density at radius 1 is 1.21 bits per heavy atom. The molecule has 1 saturated heterocycles. The zero-order valence-corrected chi connectivity index (χ0v) is 29.2. The second-order valence-corrected chi connectivity index (χ2v) is 15.3. The number of aryl methyl sites for hydroxylation is 2. The SMILES string of the molecule is Cc1ccc([C@@H](CC(=O)O)c2ccn3c(C(F)(F)F)nnc3c2C)nc1CN1C[C@]2(CC=[SiH2])CCCCN2c2ncc(Cl)cc2S1(=O)=O. The molecule has 0 aromatic carbocycles. The van der Waals surface area contributed by atoms with Crippen molar-refractivity contribution in [2.45, 2.75) is 75.0 Å². The molecule has 0 bridgehead atoms. The van der Waals surface area contributed by atoms with E-state index in [-0.39, 0.29) is 28.7 Å². The monoisotopic (exact) mass is 719 g/mol. The third-order valence-corrected chi connectivity index (χ3v) is 11.6. The van der Waals surface area contributed by atoms with E-state index in [2.05, 4.69) is 25.8 Å². The zero-order chi connectivity index (χ0) is 34.6. The summed E-state index contributed by atoms with van der Waals surface area (Å²) < 4.78 is 71.6. The summed E-state index contributed by atoms with van der Waals surface area (Å²) in [6.45, 7) is 4.07. The molecule has 4 aromatic rings. The summed E-state index contributed by atoms with van der Waals surface area (Å²) in [5, 5.41) is 17.1. The summed E-state index contributed by atoms with van der Waals surface area (Å²) in [4.78, 5) is 23.6. The topological polar surface area (TPSA) is 134 Å². The molecular weight excluding hydrogens is 687 g/mol. The van der Waals surface area contributed by atoms with Crippen molar-refractivity contribution in [3.05, 3.63) is 75.6 Å². The number of hydrogen-bond acceptors (Lipinski definition) is 8. The maximum absolute atomic E-state index is 14.4. The molecule has 0 spiro atoms. The van der Waals surface area contributed by atoms with E-state index in [1.165, 1.54) is 28.8 Å². The van der Waals surface area contributed by atoms with E-state index >= 15 is 0 Å². The van der Waals surface area contributed by atoms with Crippen LogP contribution in [0.15, 0.2) is 41.6 Å². The largest absolute Gasteiger partial charge is 0.481 e. The molecule has 6 heterocycles. The highest BCUT2D eigenvalue weighted by Gasteiger charge is 2.48. The highest BCUT2D eigenvalue weighted by atomic mass is 35.5. The quantitative estimate of drug-likeness (QED) is 0.267. The van der Waals surface area contributed by atoms with Crippen molar-refractivity contribution in [1.82, 2.24) is 28.9 Å². The summed E-state index contributed by atoms with van der Waals surface area (Å²) in [6, 6.07) is 6.27. The van der Waals surface area contributed by atoms with E-state index in [0.29, 0.717) is 46.9 Å². The first kappa shape index (κ1) is 34.1. The van der Waals surface area contributed by atoms with Crippen molar-refractivity contribution in [1.29, 1.82) is 0 Å². The van der Waals surface area contributed by atoms with E-state index < -0.39 is 45.9 Å². The number of anilines is 1. The number of aliphatic carboxylic acids is 1. The molecule has 1 N–H and O–H groups in total. The van der Waals surface area contributed by atoms with Crippen LogP contribution in [0.4, 0.5) is 19.0 Å². The lowest BCUT2D eigenvalue weighted by Gasteiger charge is -2.47. The van der Waals surface area contributed by atoms with Crippen molar-refractivity contribution in [3.63, 3.8) is 0 Å². The second kappa shape index (κ2) is 12.6. The number of carboxylic acids is 1. The molecule has 0 unspecified atom stereocenters. The number of halogens is 4. The van der Waals surface area contributed by atoms with Gasteiger partial charge in [0.15, 0.2) is 5.65 Å². The standard InChI is InChI=1S/C31H33ClF3N7O4SSi/c1-18-5-6-23(22(14-26(43)44)21-7-11-41-27(19(21)2)38-39-29(41)31(33,34)35)37-24(18)16-40-17-30(9-12-48)8-3-4-10-42(30)28-25(47(40,45)46)13-20(32)15-36-28/h5-7,11-13,15,22H,3-4,8-10,14,16-17,48H2,1-2H3,(H,43,44)/t22-,30+/m0/s1. The first-order valence-electron chi connectivity index (χ1n) is 15.3. The number of pyridine rings is 3. The van der Waals surface area contributed by atoms with E-state index in [4.69, 9.17) is 16.6 Å². The third kappa shape index (κ3) is 6.03. The van der Waals surface area contributed by atoms with Crippen LogP contribution in [0.5, 0.6) is 0 Å². The third-order valence-electron chi connectivity index (χ3n) is 9.30. The van der Waals surface area contributed by atoms with Gasteiger partial charge in [-0.05, 0) is 84.3 Å². The lowest BCUT2D eigenvalue weighted by atomic mass is 9.83. The van der Waals surface area contributed by atoms with Crippen molar-refractivity contribution in [2.75, 3.05) is 18.0 Å². The number of nitrogens with zero attached hydrogens (tertiary/aromatic N) is 7. The van der Waals surface area contributed by atoms with Gasteiger partial charge in [-0.15, -0.1) is 15.9 Å². The average Bonchev–Trinajstić information content (AvgIpc) is 3.45. The maximum atomic E-state index is 14.4. The number of sulfonamides is 1. The molecule has 1 fully saturated rings. The summed E-state index contributed by atoms with van der Waals surface area (Å²) in [7, 11) is -2.40. The minimum absolute atomic E-state index is 0.0188. The number of fused-ring (bicyclic) bond motifs is 4. The van der Waals surface area contributed by atoms with Crippen LogP contribution in [0.3, 0.4) is 0 Å². The molecule has 254 valence electrons. The number of aromatic nitrogens is 5. The van der Waals surface area contributed by atoms with Crippen LogP contribution in [0, 0.1) is 13.8 Å². The Hall–Kier alpha value is -3.73. The first-order chi connectivity index (χ1) is 22.7. The lowest BCUT2D eigenvalue weighted by Crippen LogP contribution is -2.57. The Labute approximate surface area is 282 Å². The van der Waals surface area contributed by atoms with Crippen LogP contribution in [-0.2, 0) is 27.5 Å². The van der Waals surface area contributed by atoms with Gasteiger partial charge in [-0.1, -0.05) is 17.7 Å². The molecule has 0 saturated carbocycles. The maximum Gasteiger partial charge on any atom is 0.452 e. The fourth-order valence-corrected chi connectivity index (χ4v) is 9.37. The Morgan fingerprint density at radius 3 is 2.69 bits per heavy atom. The summed E-state index contributed by atoms with van der Waals surface area (Å²) in [6.07, 6.45) is 0.683. The summed E-state index contributed by atoms with van der Waals surface area (Å²) in [5.41, 5.74) is 3.65. The smallest absolute Gasteiger partial charge is 0.452 e. The van der Waals surface area contributed by atoms with Crippen molar-refractivity contribution >= 4 is 54.6 Å². The Bertz CT molecular complexity index is 2040. The predicted molar refractivity (Wildman–Crippen MR) is 176 cm³/mol. The number of hydrogen-bond donors (Lipinski definition) is 1. The number of carboxylic acid groups (broad SMARTS) is 1. The van der Waals surface area contributed by atoms with E-state index in [1.807, 2.05) is 0 Å². The van der Waals surface area contributed by atoms with Crippen LogP contribution in [0.25, 0.3) is 5.65 Å². The van der Waals surface area contributed by atoms with Gasteiger partial charge < -0.3 is 10.0 Å². The Kier molecular flexibility index (Phi) is 8.98. The van der Waals surface area contributed by atoms with E-state index in [1.54, 1.807) is 35.8 Å². The Balaban J connectivity index is 1.44. The molecule has 0 radical (unpaired) electrons. The van der Waals surface area contributed by atoms with Crippen molar-refractivity contribution in [2.24, 2.45) is 0 Å². The van der Waals surface area contributed by atoms with Gasteiger partial charge in [0.2, 0.25) is 15.8 Å². The summed E-state index contributed by atoms with van der Waals surface area (Å²) >= 11 is 6.29. The number of rotatable bonds is 8. The molecule has 4 aromatic heterocycles. The van der Waals surface area contributed by atoms with Gasteiger partial charge in [0, 0.05) is 37.1 Å². The molecule has 0 aliphatic carbocycles. The summed E-state index contributed by atoms with van der Waals surface area (Å²) in [5.74, 6) is -2.84. The highest BCUT2D eigenvalue weighted by Crippen LogP contribution is 2.43. The molecule has 2 atom stereocenters. The number of carbonyl (C=O) groups is 1. The molecule has 11 nitrogen and oxygen atoms in total. The van der Waals surface area contributed by atoms with Gasteiger partial charge in [0.1, 0.15) is 10.7 Å². The second-order valence-electron chi connectivity index (χ2n) is 12.3. The van der Waals surface area contributed by atoms with Crippen LogP contribution in [-0.4, -0.2) is 82.5 Å². The molecule has 0 amide bonds. The molecule has 48 heavy (non-hydrogen) atoms. The minimum atomic E-state index is -4.74. The van der Waals surface area contributed by atoms with Gasteiger partial charge in [0.05, 0.1) is 29.2 Å². The fourth-order valence-electron chi connectivity index (χ4n) is 6.96. The highest BCUT2D eigenvalue weighted by molar-refractivity contribution is 7.89. The van der Waals surface area contributed by atoms with Crippen LogP contribution in [0.2, 0.25) is 5.02 Å². The fraction of sp³-hybridized carbons (Fsp3) is 0.419. The van der Waals surface area contributed by atoms with Crippen molar-refractivity contribution in [3.8, 4) is 0 Å². The van der Waals surface area contributed by atoms with Gasteiger partial charge in [-0.25, -0.2) is 13.4 Å². The molecule has 2 aliphatic heterocycles. The van der Waals surface area contributed by atoms with Crippen LogP contribution in [0.1, 0.15) is 71.9 Å². The molecule has 2 aliphatic rings. The molecule has 6 rings (SSSR count).